The number of rotatable bonds is 5. The van der Waals surface area contributed by atoms with Crippen molar-refractivity contribution in [2.24, 2.45) is 0 Å². The van der Waals surface area contributed by atoms with Crippen LogP contribution in [0.25, 0.3) is 0 Å². The molecular formula is C13H21N5O3S. The number of nitrogens with zero attached hydrogens (tertiary/aromatic N) is 5. The van der Waals surface area contributed by atoms with Gasteiger partial charge in [-0.2, -0.15) is 0 Å². The number of amides is 1. The van der Waals surface area contributed by atoms with Crippen LogP contribution < -0.4 is 0 Å². The molecule has 0 bridgehead atoms. The van der Waals surface area contributed by atoms with Crippen molar-refractivity contribution in [3.05, 3.63) is 0 Å². The van der Waals surface area contributed by atoms with Gasteiger partial charge in [-0.15, -0.1) is 5.10 Å². The second-order valence-electron chi connectivity index (χ2n) is 5.59. The Balaban J connectivity index is 1.50. The lowest BCUT2D eigenvalue weighted by Crippen LogP contribution is -2.45. The SMILES string of the molecule is CC1CN(C(=O)CSc2nnnn2CC2CCCO2)CCO1. The first-order valence-electron chi connectivity index (χ1n) is 7.62. The molecule has 22 heavy (non-hydrogen) atoms. The summed E-state index contributed by atoms with van der Waals surface area (Å²) in [7, 11) is 0. The molecule has 2 saturated heterocycles. The summed E-state index contributed by atoms with van der Waals surface area (Å²) in [6.45, 7) is 5.36. The van der Waals surface area contributed by atoms with Gasteiger partial charge in [0.1, 0.15) is 0 Å². The Kier molecular flexibility index (Phi) is 5.27. The van der Waals surface area contributed by atoms with Gasteiger partial charge >= 0.3 is 0 Å². The molecule has 9 heteroatoms. The Hall–Kier alpha value is -1.19. The van der Waals surface area contributed by atoms with Crippen LogP contribution in [0, 0.1) is 0 Å². The monoisotopic (exact) mass is 327 g/mol. The smallest absolute Gasteiger partial charge is 0.233 e. The van der Waals surface area contributed by atoms with Crippen LogP contribution in [-0.4, -0.2) is 75.3 Å². The number of tetrazole rings is 1. The van der Waals surface area contributed by atoms with Crippen molar-refractivity contribution in [2.45, 2.75) is 43.7 Å². The van der Waals surface area contributed by atoms with Gasteiger partial charge in [-0.05, 0) is 30.2 Å². The molecule has 2 unspecified atom stereocenters. The van der Waals surface area contributed by atoms with Crippen molar-refractivity contribution in [2.75, 3.05) is 32.1 Å². The van der Waals surface area contributed by atoms with Crippen LogP contribution in [0.2, 0.25) is 0 Å². The predicted molar refractivity (Wildman–Crippen MR) is 79.5 cm³/mol. The quantitative estimate of drug-likeness (QED) is 0.714. The molecule has 0 saturated carbocycles. The lowest BCUT2D eigenvalue weighted by molar-refractivity contribution is -0.135. The molecule has 122 valence electrons. The molecule has 1 amide bonds. The van der Waals surface area contributed by atoms with E-state index in [0.717, 1.165) is 19.4 Å². The summed E-state index contributed by atoms with van der Waals surface area (Å²) in [4.78, 5) is 14.1. The first-order chi connectivity index (χ1) is 10.7. The van der Waals surface area contributed by atoms with E-state index in [-0.39, 0.29) is 18.1 Å². The van der Waals surface area contributed by atoms with Crippen LogP contribution in [0.4, 0.5) is 0 Å². The summed E-state index contributed by atoms with van der Waals surface area (Å²) in [5.74, 6) is 0.449. The highest BCUT2D eigenvalue weighted by Crippen LogP contribution is 2.19. The standard InChI is InChI=1S/C13H21N5O3S/c1-10-7-17(4-6-20-10)12(19)9-22-13-14-15-16-18(13)8-11-3-2-5-21-11/h10-11H,2-9H2,1H3. The van der Waals surface area contributed by atoms with Crippen molar-refractivity contribution in [3.8, 4) is 0 Å². The van der Waals surface area contributed by atoms with Gasteiger partial charge in [0, 0.05) is 19.7 Å². The van der Waals surface area contributed by atoms with Gasteiger partial charge in [0.15, 0.2) is 0 Å². The minimum Gasteiger partial charge on any atom is -0.376 e. The second-order valence-corrected chi connectivity index (χ2v) is 6.53. The van der Waals surface area contributed by atoms with Gasteiger partial charge in [0.05, 0.1) is 31.1 Å². The van der Waals surface area contributed by atoms with Gasteiger partial charge in [-0.3, -0.25) is 4.79 Å². The summed E-state index contributed by atoms with van der Waals surface area (Å²) in [6, 6.07) is 0. The summed E-state index contributed by atoms with van der Waals surface area (Å²) >= 11 is 1.38. The maximum atomic E-state index is 12.2. The van der Waals surface area contributed by atoms with Crippen LogP contribution >= 0.6 is 11.8 Å². The molecule has 3 heterocycles. The van der Waals surface area contributed by atoms with Crippen molar-refractivity contribution in [1.29, 1.82) is 0 Å². The fraction of sp³-hybridized carbons (Fsp3) is 0.846. The van der Waals surface area contributed by atoms with E-state index in [2.05, 4.69) is 15.5 Å². The number of aromatic nitrogens is 4. The van der Waals surface area contributed by atoms with Crippen molar-refractivity contribution in [3.63, 3.8) is 0 Å². The van der Waals surface area contributed by atoms with Crippen molar-refractivity contribution < 1.29 is 14.3 Å². The number of carbonyl (C=O) groups is 1. The molecule has 3 rings (SSSR count). The molecule has 2 aliphatic heterocycles. The first kappa shape index (κ1) is 15.7. The maximum absolute atomic E-state index is 12.2. The van der Waals surface area contributed by atoms with E-state index in [1.165, 1.54) is 11.8 Å². The molecule has 2 fully saturated rings. The topological polar surface area (TPSA) is 82.4 Å². The third-order valence-electron chi connectivity index (χ3n) is 3.82. The maximum Gasteiger partial charge on any atom is 0.233 e. The number of thioether (sulfide) groups is 1. The number of hydrogen-bond acceptors (Lipinski definition) is 7. The highest BCUT2D eigenvalue weighted by Gasteiger charge is 2.23. The van der Waals surface area contributed by atoms with Crippen LogP contribution in [-0.2, 0) is 20.8 Å². The van der Waals surface area contributed by atoms with Gasteiger partial charge < -0.3 is 14.4 Å². The molecule has 8 nitrogen and oxygen atoms in total. The molecule has 0 spiro atoms. The van der Waals surface area contributed by atoms with E-state index in [1.54, 1.807) is 4.68 Å². The molecule has 1 aromatic heterocycles. The third kappa shape index (κ3) is 3.96. The predicted octanol–water partition coefficient (Wildman–Crippen LogP) is 0.192. The molecule has 0 radical (unpaired) electrons. The zero-order valence-electron chi connectivity index (χ0n) is 12.7. The van der Waals surface area contributed by atoms with Gasteiger partial charge in [0.2, 0.25) is 11.1 Å². The molecule has 1 aromatic rings. The highest BCUT2D eigenvalue weighted by molar-refractivity contribution is 7.99. The highest BCUT2D eigenvalue weighted by atomic mass is 32.2. The summed E-state index contributed by atoms with van der Waals surface area (Å²) in [6.07, 6.45) is 2.41. The average molecular weight is 327 g/mol. The Morgan fingerprint density at radius 1 is 1.41 bits per heavy atom. The average Bonchev–Trinajstić information content (AvgIpc) is 3.17. The lowest BCUT2D eigenvalue weighted by Gasteiger charge is -2.31. The first-order valence-corrected chi connectivity index (χ1v) is 8.61. The molecule has 0 aliphatic carbocycles. The Morgan fingerprint density at radius 3 is 3.09 bits per heavy atom. The van der Waals surface area contributed by atoms with Crippen molar-refractivity contribution in [1.82, 2.24) is 25.1 Å². The minimum absolute atomic E-state index is 0.104. The zero-order valence-corrected chi connectivity index (χ0v) is 13.5. The third-order valence-corrected chi connectivity index (χ3v) is 4.76. The van der Waals surface area contributed by atoms with E-state index in [9.17, 15) is 4.79 Å². The van der Waals surface area contributed by atoms with E-state index < -0.39 is 0 Å². The summed E-state index contributed by atoms with van der Waals surface area (Å²) in [5, 5.41) is 12.4. The molecule has 0 N–H and O–H groups in total. The fourth-order valence-electron chi connectivity index (χ4n) is 2.66. The van der Waals surface area contributed by atoms with E-state index in [4.69, 9.17) is 9.47 Å². The van der Waals surface area contributed by atoms with Gasteiger partial charge in [0.25, 0.3) is 0 Å². The normalized spacial score (nSPS) is 25.6. The number of morpholine rings is 1. The summed E-state index contributed by atoms with van der Waals surface area (Å²) < 4.78 is 12.8. The van der Waals surface area contributed by atoms with Gasteiger partial charge in [-0.1, -0.05) is 11.8 Å². The lowest BCUT2D eigenvalue weighted by atomic mass is 10.2. The fourth-order valence-corrected chi connectivity index (χ4v) is 3.45. The summed E-state index contributed by atoms with van der Waals surface area (Å²) in [5.41, 5.74) is 0. The van der Waals surface area contributed by atoms with Crippen LogP contribution in [0.1, 0.15) is 19.8 Å². The largest absolute Gasteiger partial charge is 0.376 e. The zero-order chi connectivity index (χ0) is 15.4. The number of carbonyl (C=O) groups excluding carboxylic acids is 1. The van der Waals surface area contributed by atoms with Crippen LogP contribution in [0.5, 0.6) is 0 Å². The van der Waals surface area contributed by atoms with Crippen LogP contribution in [0.15, 0.2) is 5.16 Å². The van der Waals surface area contributed by atoms with E-state index in [1.807, 2.05) is 11.8 Å². The Morgan fingerprint density at radius 2 is 2.32 bits per heavy atom. The molecule has 2 aliphatic rings. The van der Waals surface area contributed by atoms with Gasteiger partial charge in [-0.25, -0.2) is 4.68 Å². The van der Waals surface area contributed by atoms with E-state index in [0.29, 0.717) is 37.2 Å². The molecule has 2 atom stereocenters. The number of hydrogen-bond donors (Lipinski definition) is 0. The Bertz CT molecular complexity index is 506. The number of ether oxygens (including phenoxy) is 2. The minimum atomic E-state index is 0.104. The molecular weight excluding hydrogens is 306 g/mol. The Labute approximate surface area is 133 Å². The second kappa shape index (κ2) is 7.38. The van der Waals surface area contributed by atoms with E-state index >= 15 is 0 Å². The van der Waals surface area contributed by atoms with Crippen molar-refractivity contribution >= 4 is 17.7 Å². The molecule has 0 aromatic carbocycles. The van der Waals surface area contributed by atoms with Crippen LogP contribution in [0.3, 0.4) is 0 Å².